The Bertz CT molecular complexity index is 819. The molecule has 2 aromatic carbocycles. The summed E-state index contributed by atoms with van der Waals surface area (Å²) in [6.45, 7) is 4.38. The first kappa shape index (κ1) is 17.5. The Morgan fingerprint density at radius 3 is 2.72 bits per heavy atom. The number of hydrogen-bond donors (Lipinski definition) is 1. The van der Waals surface area contributed by atoms with Crippen LogP contribution in [-0.4, -0.2) is 18.4 Å². The van der Waals surface area contributed by atoms with Gasteiger partial charge in [0.1, 0.15) is 0 Å². The van der Waals surface area contributed by atoms with E-state index < -0.39 is 0 Å². The van der Waals surface area contributed by atoms with Crippen LogP contribution in [0.2, 0.25) is 5.02 Å². The molecule has 1 fully saturated rings. The molecule has 5 heteroatoms. The second kappa shape index (κ2) is 7.28. The van der Waals surface area contributed by atoms with Crippen LogP contribution < -0.4 is 10.2 Å². The zero-order valence-electron chi connectivity index (χ0n) is 14.4. The van der Waals surface area contributed by atoms with Crippen molar-refractivity contribution in [2.75, 3.05) is 16.8 Å². The summed E-state index contributed by atoms with van der Waals surface area (Å²) in [6.07, 6.45) is 1.04. The maximum atomic E-state index is 12.7. The molecule has 1 heterocycles. The average molecular weight is 357 g/mol. The molecule has 1 unspecified atom stereocenters. The minimum absolute atomic E-state index is 0.0752. The largest absolute Gasteiger partial charge is 0.325 e. The Labute approximate surface area is 152 Å². The van der Waals surface area contributed by atoms with Gasteiger partial charge in [0, 0.05) is 18.7 Å². The molecule has 3 rings (SSSR count). The monoisotopic (exact) mass is 356 g/mol. The van der Waals surface area contributed by atoms with E-state index >= 15 is 0 Å². The molecule has 1 aliphatic heterocycles. The number of aryl methyl sites for hydroxylation is 2. The minimum atomic E-state index is -0.381. The van der Waals surface area contributed by atoms with Crippen molar-refractivity contribution >= 4 is 34.8 Å². The van der Waals surface area contributed by atoms with E-state index in [2.05, 4.69) is 12.2 Å². The lowest BCUT2D eigenvalue weighted by Crippen LogP contribution is -2.28. The van der Waals surface area contributed by atoms with Crippen molar-refractivity contribution in [2.24, 2.45) is 5.92 Å². The van der Waals surface area contributed by atoms with Crippen LogP contribution in [0.4, 0.5) is 11.4 Å². The van der Waals surface area contributed by atoms with Crippen molar-refractivity contribution in [3.05, 3.63) is 58.6 Å². The molecule has 0 spiro atoms. The number of anilines is 2. The standard InChI is InChI=1S/C20H21ClN2O2/c1-3-14-8-6-7-13(2)19(14)22-20(25)15-11-18(24)23(12-15)17-10-5-4-9-16(17)21/h4-10,15H,3,11-12H2,1-2H3,(H,22,25). The van der Waals surface area contributed by atoms with Crippen LogP contribution in [0.15, 0.2) is 42.5 Å². The Morgan fingerprint density at radius 1 is 1.24 bits per heavy atom. The Morgan fingerprint density at radius 2 is 2.00 bits per heavy atom. The molecule has 25 heavy (non-hydrogen) atoms. The van der Waals surface area contributed by atoms with Gasteiger partial charge < -0.3 is 10.2 Å². The number of para-hydroxylation sites is 2. The number of carbonyl (C=O) groups excluding carboxylic acids is 2. The predicted molar refractivity (Wildman–Crippen MR) is 101 cm³/mol. The molecular weight excluding hydrogens is 336 g/mol. The Balaban J connectivity index is 1.77. The molecule has 0 aliphatic carbocycles. The van der Waals surface area contributed by atoms with Crippen LogP contribution in [0.3, 0.4) is 0 Å². The van der Waals surface area contributed by atoms with Crippen LogP contribution in [0, 0.1) is 12.8 Å². The summed E-state index contributed by atoms with van der Waals surface area (Å²) < 4.78 is 0. The van der Waals surface area contributed by atoms with E-state index in [4.69, 9.17) is 11.6 Å². The van der Waals surface area contributed by atoms with Gasteiger partial charge in [0.05, 0.1) is 16.6 Å². The van der Waals surface area contributed by atoms with E-state index in [1.807, 2.05) is 37.3 Å². The minimum Gasteiger partial charge on any atom is -0.325 e. The van der Waals surface area contributed by atoms with Crippen LogP contribution >= 0.6 is 11.6 Å². The van der Waals surface area contributed by atoms with Crippen molar-refractivity contribution in [3.63, 3.8) is 0 Å². The number of nitrogens with one attached hydrogen (secondary N) is 1. The van der Waals surface area contributed by atoms with Crippen LogP contribution in [0.25, 0.3) is 0 Å². The fraction of sp³-hybridized carbons (Fsp3) is 0.300. The molecule has 0 bridgehead atoms. The summed E-state index contributed by atoms with van der Waals surface area (Å²) in [7, 11) is 0. The van der Waals surface area contributed by atoms with Gasteiger partial charge in [0.25, 0.3) is 0 Å². The van der Waals surface area contributed by atoms with Gasteiger partial charge in [-0.05, 0) is 36.6 Å². The summed E-state index contributed by atoms with van der Waals surface area (Å²) in [5.74, 6) is -0.575. The molecule has 1 aliphatic rings. The summed E-state index contributed by atoms with van der Waals surface area (Å²) in [5, 5.41) is 3.55. The molecular formula is C20H21ClN2O2. The number of nitrogens with zero attached hydrogens (tertiary/aromatic N) is 1. The molecule has 2 aromatic rings. The fourth-order valence-corrected chi connectivity index (χ4v) is 3.45. The molecule has 0 radical (unpaired) electrons. The third-order valence-corrected chi connectivity index (χ3v) is 4.95. The topological polar surface area (TPSA) is 49.4 Å². The van der Waals surface area contributed by atoms with Gasteiger partial charge in [-0.25, -0.2) is 0 Å². The van der Waals surface area contributed by atoms with Crippen LogP contribution in [0.1, 0.15) is 24.5 Å². The van der Waals surface area contributed by atoms with Gasteiger partial charge in [-0.2, -0.15) is 0 Å². The lowest BCUT2D eigenvalue weighted by Gasteiger charge is -2.18. The van der Waals surface area contributed by atoms with E-state index in [9.17, 15) is 9.59 Å². The number of hydrogen-bond acceptors (Lipinski definition) is 2. The summed E-state index contributed by atoms with van der Waals surface area (Å²) in [5.41, 5.74) is 3.65. The van der Waals surface area contributed by atoms with Gasteiger partial charge >= 0.3 is 0 Å². The lowest BCUT2D eigenvalue weighted by atomic mass is 10.0. The molecule has 4 nitrogen and oxygen atoms in total. The molecule has 130 valence electrons. The van der Waals surface area contributed by atoms with E-state index in [1.54, 1.807) is 17.0 Å². The number of halogens is 1. The zero-order valence-corrected chi connectivity index (χ0v) is 15.1. The second-order valence-electron chi connectivity index (χ2n) is 6.31. The third-order valence-electron chi connectivity index (χ3n) is 4.63. The number of rotatable bonds is 4. The summed E-state index contributed by atoms with van der Waals surface area (Å²) in [4.78, 5) is 26.7. The van der Waals surface area contributed by atoms with E-state index in [1.165, 1.54) is 0 Å². The molecule has 1 saturated heterocycles. The van der Waals surface area contributed by atoms with E-state index in [-0.39, 0.29) is 24.2 Å². The van der Waals surface area contributed by atoms with E-state index in [0.717, 1.165) is 23.2 Å². The quantitative estimate of drug-likeness (QED) is 0.892. The molecule has 2 amide bonds. The summed E-state index contributed by atoms with van der Waals surface area (Å²) >= 11 is 6.19. The van der Waals surface area contributed by atoms with Gasteiger partial charge in [-0.15, -0.1) is 0 Å². The molecule has 0 saturated carbocycles. The first-order chi connectivity index (χ1) is 12.0. The predicted octanol–water partition coefficient (Wildman–Crippen LogP) is 4.20. The average Bonchev–Trinajstić information content (AvgIpc) is 2.99. The number of benzene rings is 2. The van der Waals surface area contributed by atoms with Crippen LogP contribution in [0.5, 0.6) is 0 Å². The Hall–Kier alpha value is -2.33. The number of amides is 2. The van der Waals surface area contributed by atoms with Gasteiger partial charge in [-0.1, -0.05) is 48.9 Å². The molecule has 0 aromatic heterocycles. The van der Waals surface area contributed by atoms with Gasteiger partial charge in [-0.3, -0.25) is 9.59 Å². The first-order valence-corrected chi connectivity index (χ1v) is 8.83. The fourth-order valence-electron chi connectivity index (χ4n) is 3.21. The normalized spacial score (nSPS) is 17.0. The van der Waals surface area contributed by atoms with Crippen molar-refractivity contribution in [2.45, 2.75) is 26.7 Å². The van der Waals surface area contributed by atoms with Gasteiger partial charge in [0.15, 0.2) is 0 Å². The second-order valence-corrected chi connectivity index (χ2v) is 6.72. The molecule has 1 N–H and O–H groups in total. The van der Waals surface area contributed by atoms with E-state index in [0.29, 0.717) is 17.3 Å². The summed E-state index contributed by atoms with van der Waals surface area (Å²) in [6, 6.07) is 13.2. The zero-order chi connectivity index (χ0) is 18.0. The van der Waals surface area contributed by atoms with Crippen molar-refractivity contribution in [3.8, 4) is 0 Å². The third kappa shape index (κ3) is 3.54. The van der Waals surface area contributed by atoms with Crippen LogP contribution in [-0.2, 0) is 16.0 Å². The maximum Gasteiger partial charge on any atom is 0.229 e. The first-order valence-electron chi connectivity index (χ1n) is 8.45. The smallest absolute Gasteiger partial charge is 0.229 e. The number of carbonyl (C=O) groups is 2. The highest BCUT2D eigenvalue weighted by atomic mass is 35.5. The molecule has 1 atom stereocenters. The van der Waals surface area contributed by atoms with Crippen molar-refractivity contribution < 1.29 is 9.59 Å². The highest BCUT2D eigenvalue weighted by molar-refractivity contribution is 6.33. The SMILES string of the molecule is CCc1cccc(C)c1NC(=O)C1CC(=O)N(c2ccccc2Cl)C1. The Kier molecular flexibility index (Phi) is 5.09. The van der Waals surface area contributed by atoms with Crippen molar-refractivity contribution in [1.82, 2.24) is 0 Å². The highest BCUT2D eigenvalue weighted by Crippen LogP contribution is 2.32. The lowest BCUT2D eigenvalue weighted by molar-refractivity contribution is -0.122. The maximum absolute atomic E-state index is 12.7. The highest BCUT2D eigenvalue weighted by Gasteiger charge is 2.36. The van der Waals surface area contributed by atoms with Gasteiger partial charge in [0.2, 0.25) is 11.8 Å². The van der Waals surface area contributed by atoms with Crippen molar-refractivity contribution in [1.29, 1.82) is 0 Å².